The second kappa shape index (κ2) is 7.87. The minimum Gasteiger partial charge on any atom is -0.392 e. The van der Waals surface area contributed by atoms with Crippen molar-refractivity contribution in [2.45, 2.75) is 39.3 Å². The quantitative estimate of drug-likeness (QED) is 0.819. The standard InChI is InChI=1S/C17H27N3S/c1-3-5-16(17(18)21)20-10-8-19(9-11-20)13-15-7-4-6-14(2)12-15/h4,6-7,12,16H,3,5,8-11,13H2,1-2H3,(H2,18,21). The summed E-state index contributed by atoms with van der Waals surface area (Å²) in [4.78, 5) is 5.64. The first kappa shape index (κ1) is 16.4. The predicted octanol–water partition coefficient (Wildman–Crippen LogP) is 2.57. The van der Waals surface area contributed by atoms with Gasteiger partial charge in [-0.25, -0.2) is 0 Å². The van der Waals surface area contributed by atoms with E-state index < -0.39 is 0 Å². The molecule has 0 radical (unpaired) electrons. The molecule has 0 bridgehead atoms. The van der Waals surface area contributed by atoms with Gasteiger partial charge in [-0.05, 0) is 18.9 Å². The molecule has 0 amide bonds. The van der Waals surface area contributed by atoms with Crippen LogP contribution in [0.25, 0.3) is 0 Å². The zero-order chi connectivity index (χ0) is 15.2. The Bertz CT molecular complexity index is 467. The number of aryl methyl sites for hydroxylation is 1. The summed E-state index contributed by atoms with van der Waals surface area (Å²) in [5, 5.41) is 0. The summed E-state index contributed by atoms with van der Waals surface area (Å²) in [7, 11) is 0. The summed E-state index contributed by atoms with van der Waals surface area (Å²) >= 11 is 5.23. The Morgan fingerprint density at radius 2 is 2.00 bits per heavy atom. The Balaban J connectivity index is 1.86. The minimum absolute atomic E-state index is 0.283. The largest absolute Gasteiger partial charge is 0.392 e. The van der Waals surface area contributed by atoms with Crippen molar-refractivity contribution in [3.8, 4) is 0 Å². The van der Waals surface area contributed by atoms with Crippen LogP contribution in [-0.4, -0.2) is 47.0 Å². The van der Waals surface area contributed by atoms with Gasteiger partial charge in [0.25, 0.3) is 0 Å². The minimum atomic E-state index is 0.283. The molecule has 0 aromatic heterocycles. The van der Waals surface area contributed by atoms with Gasteiger partial charge in [0.05, 0.1) is 11.0 Å². The van der Waals surface area contributed by atoms with Gasteiger partial charge in [-0.15, -0.1) is 0 Å². The zero-order valence-electron chi connectivity index (χ0n) is 13.2. The molecule has 1 atom stereocenters. The molecule has 1 unspecified atom stereocenters. The molecule has 2 N–H and O–H groups in total. The average molecular weight is 305 g/mol. The number of hydrogen-bond acceptors (Lipinski definition) is 3. The van der Waals surface area contributed by atoms with Crippen molar-refractivity contribution in [1.29, 1.82) is 0 Å². The van der Waals surface area contributed by atoms with Gasteiger partial charge in [0.15, 0.2) is 0 Å². The molecule has 3 nitrogen and oxygen atoms in total. The lowest BCUT2D eigenvalue weighted by molar-refractivity contribution is 0.110. The maximum atomic E-state index is 5.90. The van der Waals surface area contributed by atoms with Gasteiger partial charge in [-0.2, -0.15) is 0 Å². The molecular formula is C17H27N3S. The SMILES string of the molecule is CCCC(C(N)=S)N1CCN(Cc2cccc(C)c2)CC1. The van der Waals surface area contributed by atoms with Crippen LogP contribution in [-0.2, 0) is 6.54 Å². The van der Waals surface area contributed by atoms with Crippen LogP contribution in [0.2, 0.25) is 0 Å². The molecule has 1 aliphatic heterocycles. The maximum absolute atomic E-state index is 5.90. The van der Waals surface area contributed by atoms with E-state index in [4.69, 9.17) is 18.0 Å². The molecule has 21 heavy (non-hydrogen) atoms. The fourth-order valence-corrected chi connectivity index (χ4v) is 3.35. The molecule has 1 aromatic rings. The third-order valence-corrected chi connectivity index (χ3v) is 4.50. The summed E-state index contributed by atoms with van der Waals surface area (Å²) in [6.45, 7) is 9.70. The van der Waals surface area contributed by atoms with E-state index in [0.29, 0.717) is 4.99 Å². The predicted molar refractivity (Wildman–Crippen MR) is 93.5 cm³/mol. The van der Waals surface area contributed by atoms with Crippen LogP contribution in [0.3, 0.4) is 0 Å². The summed E-state index contributed by atoms with van der Waals surface area (Å²) in [6.07, 6.45) is 2.21. The first-order valence-electron chi connectivity index (χ1n) is 7.91. The average Bonchev–Trinajstić information content (AvgIpc) is 2.45. The molecule has 1 aromatic carbocycles. The highest BCUT2D eigenvalue weighted by atomic mass is 32.1. The molecule has 0 spiro atoms. The van der Waals surface area contributed by atoms with Gasteiger partial charge in [0.2, 0.25) is 0 Å². The number of hydrogen-bond donors (Lipinski definition) is 1. The van der Waals surface area contributed by atoms with E-state index >= 15 is 0 Å². The van der Waals surface area contributed by atoms with Crippen LogP contribution in [0, 0.1) is 6.92 Å². The highest BCUT2D eigenvalue weighted by molar-refractivity contribution is 7.80. The lowest BCUT2D eigenvalue weighted by atomic mass is 10.1. The lowest BCUT2D eigenvalue weighted by Gasteiger charge is -2.39. The number of nitrogens with two attached hydrogens (primary N) is 1. The summed E-state index contributed by atoms with van der Waals surface area (Å²) in [5.74, 6) is 0. The summed E-state index contributed by atoms with van der Waals surface area (Å²) < 4.78 is 0. The molecule has 1 aliphatic rings. The van der Waals surface area contributed by atoms with Crippen LogP contribution in [0.5, 0.6) is 0 Å². The first-order valence-corrected chi connectivity index (χ1v) is 8.32. The third-order valence-electron chi connectivity index (χ3n) is 4.23. The molecule has 0 saturated carbocycles. The van der Waals surface area contributed by atoms with Gasteiger partial charge in [0.1, 0.15) is 0 Å². The van der Waals surface area contributed by atoms with E-state index in [9.17, 15) is 0 Å². The van der Waals surface area contributed by atoms with Crippen LogP contribution >= 0.6 is 12.2 Å². The number of nitrogens with zero attached hydrogens (tertiary/aromatic N) is 2. The van der Waals surface area contributed by atoms with E-state index in [1.807, 2.05) is 0 Å². The van der Waals surface area contributed by atoms with Gasteiger partial charge in [0, 0.05) is 32.7 Å². The lowest BCUT2D eigenvalue weighted by Crippen LogP contribution is -2.53. The maximum Gasteiger partial charge on any atom is 0.0902 e. The fourth-order valence-electron chi connectivity index (χ4n) is 3.08. The molecule has 0 aliphatic carbocycles. The number of benzene rings is 1. The molecule has 1 heterocycles. The molecule has 1 saturated heterocycles. The number of piperazine rings is 1. The van der Waals surface area contributed by atoms with Gasteiger partial charge in [-0.1, -0.05) is 55.4 Å². The van der Waals surface area contributed by atoms with Crippen molar-refractivity contribution in [1.82, 2.24) is 9.80 Å². The van der Waals surface area contributed by atoms with Gasteiger partial charge < -0.3 is 5.73 Å². The van der Waals surface area contributed by atoms with Crippen molar-refractivity contribution in [2.24, 2.45) is 5.73 Å². The van der Waals surface area contributed by atoms with E-state index in [2.05, 4.69) is 47.9 Å². The highest BCUT2D eigenvalue weighted by Crippen LogP contribution is 2.14. The normalized spacial score (nSPS) is 18.6. The highest BCUT2D eigenvalue weighted by Gasteiger charge is 2.24. The first-order chi connectivity index (χ1) is 10.1. The Morgan fingerprint density at radius 3 is 2.57 bits per heavy atom. The molecule has 4 heteroatoms. The Morgan fingerprint density at radius 1 is 1.29 bits per heavy atom. The van der Waals surface area contributed by atoms with E-state index in [-0.39, 0.29) is 6.04 Å². The topological polar surface area (TPSA) is 32.5 Å². The number of thiocarbonyl (C=S) groups is 1. The van der Waals surface area contributed by atoms with Crippen LogP contribution < -0.4 is 5.73 Å². The molecular weight excluding hydrogens is 278 g/mol. The Labute approximate surface area is 134 Å². The van der Waals surface area contributed by atoms with E-state index in [1.54, 1.807) is 0 Å². The molecule has 2 rings (SSSR count). The fraction of sp³-hybridized carbons (Fsp3) is 0.588. The van der Waals surface area contributed by atoms with Crippen molar-refractivity contribution >= 4 is 17.2 Å². The smallest absolute Gasteiger partial charge is 0.0902 e. The van der Waals surface area contributed by atoms with Crippen LogP contribution in [0.4, 0.5) is 0 Å². The second-order valence-electron chi connectivity index (χ2n) is 6.01. The van der Waals surface area contributed by atoms with Crippen LogP contribution in [0.1, 0.15) is 30.9 Å². The van der Waals surface area contributed by atoms with Crippen molar-refractivity contribution < 1.29 is 0 Å². The Kier molecular flexibility index (Phi) is 6.15. The third kappa shape index (κ3) is 4.77. The monoisotopic (exact) mass is 305 g/mol. The summed E-state index contributed by atoms with van der Waals surface area (Å²) in [5.41, 5.74) is 8.65. The Hall–Kier alpha value is -0.970. The summed E-state index contributed by atoms with van der Waals surface area (Å²) in [6, 6.07) is 9.07. The van der Waals surface area contributed by atoms with Gasteiger partial charge in [-0.3, -0.25) is 9.80 Å². The number of rotatable bonds is 6. The molecule has 1 fully saturated rings. The van der Waals surface area contributed by atoms with Crippen molar-refractivity contribution in [3.05, 3.63) is 35.4 Å². The van der Waals surface area contributed by atoms with Crippen LogP contribution in [0.15, 0.2) is 24.3 Å². The van der Waals surface area contributed by atoms with E-state index in [1.165, 1.54) is 11.1 Å². The zero-order valence-corrected chi connectivity index (χ0v) is 14.0. The van der Waals surface area contributed by atoms with Gasteiger partial charge >= 0.3 is 0 Å². The van der Waals surface area contributed by atoms with Crippen molar-refractivity contribution in [3.63, 3.8) is 0 Å². The molecule has 116 valence electrons. The van der Waals surface area contributed by atoms with Crippen molar-refractivity contribution in [2.75, 3.05) is 26.2 Å². The van der Waals surface area contributed by atoms with E-state index in [0.717, 1.165) is 45.6 Å². The second-order valence-corrected chi connectivity index (χ2v) is 6.48.